The highest BCUT2D eigenvalue weighted by Crippen LogP contribution is 2.42. The van der Waals surface area contributed by atoms with Gasteiger partial charge < -0.3 is 25.4 Å². The van der Waals surface area contributed by atoms with E-state index in [-0.39, 0.29) is 30.5 Å². The van der Waals surface area contributed by atoms with Crippen molar-refractivity contribution >= 4 is 20.0 Å². The molecule has 0 aliphatic carbocycles. The summed E-state index contributed by atoms with van der Waals surface area (Å²) in [4.78, 5) is 31.8. The van der Waals surface area contributed by atoms with Crippen LogP contribution >= 0.6 is 7.82 Å². The molecule has 4 N–H and O–H groups in total. The van der Waals surface area contributed by atoms with Gasteiger partial charge in [0.25, 0.3) is 0 Å². The van der Waals surface area contributed by atoms with Crippen LogP contribution in [0, 0.1) is 11.3 Å². The molecule has 2 atom stereocenters. The number of unbranched alkanes of at least 4 members (excludes halogenated alkanes) is 3. The second-order valence-electron chi connectivity index (χ2n) is 7.94. The third-order valence-corrected chi connectivity index (χ3v) is 5.42. The molecule has 0 spiro atoms. The number of aliphatic hydroxyl groups excluding tert-OH is 1. The zero-order valence-corrected chi connectivity index (χ0v) is 18.9. The summed E-state index contributed by atoms with van der Waals surface area (Å²) < 4.78 is 20.3. The fraction of sp³-hybridized carbons (Fsp3) is 0.895. The molecular weight excluding hydrogens is 399 g/mol. The van der Waals surface area contributed by atoms with Crippen LogP contribution in [0.4, 0.5) is 0 Å². The SMILES string of the molecule is COP(=O)(O)OCC(CO)CCCCNC(=O)CCCCCNCC(C)(C)C=O. The summed E-state index contributed by atoms with van der Waals surface area (Å²) in [6.45, 7) is 5.66. The maximum Gasteiger partial charge on any atom is 0.471 e. The molecule has 0 aromatic rings. The monoisotopic (exact) mass is 438 g/mol. The highest BCUT2D eigenvalue weighted by atomic mass is 31.2. The summed E-state index contributed by atoms with van der Waals surface area (Å²) >= 11 is 0. The lowest BCUT2D eigenvalue weighted by Crippen LogP contribution is -2.31. The van der Waals surface area contributed by atoms with Gasteiger partial charge in [-0.15, -0.1) is 0 Å². The van der Waals surface area contributed by atoms with Crippen molar-refractivity contribution in [3.8, 4) is 0 Å². The number of aliphatic hydroxyl groups is 1. The van der Waals surface area contributed by atoms with E-state index in [2.05, 4.69) is 15.2 Å². The van der Waals surface area contributed by atoms with Gasteiger partial charge in [-0.25, -0.2) is 4.57 Å². The van der Waals surface area contributed by atoms with E-state index in [0.717, 1.165) is 52.0 Å². The number of hydrogen-bond acceptors (Lipinski definition) is 7. The number of nitrogens with one attached hydrogen (secondary N) is 2. The first-order chi connectivity index (χ1) is 13.7. The average molecular weight is 439 g/mol. The van der Waals surface area contributed by atoms with Gasteiger partial charge in [0.1, 0.15) is 6.29 Å². The molecule has 0 saturated heterocycles. The molecule has 0 fully saturated rings. The van der Waals surface area contributed by atoms with E-state index in [1.54, 1.807) is 0 Å². The molecule has 29 heavy (non-hydrogen) atoms. The van der Waals surface area contributed by atoms with Gasteiger partial charge in [0.2, 0.25) is 5.91 Å². The Bertz CT molecular complexity index is 503. The minimum absolute atomic E-state index is 0.0309. The largest absolute Gasteiger partial charge is 0.471 e. The van der Waals surface area contributed by atoms with Gasteiger partial charge in [0, 0.05) is 44.6 Å². The Morgan fingerprint density at radius 2 is 1.86 bits per heavy atom. The van der Waals surface area contributed by atoms with Crippen LogP contribution in [0.25, 0.3) is 0 Å². The summed E-state index contributed by atoms with van der Waals surface area (Å²) in [7, 11) is -2.93. The molecule has 0 saturated carbocycles. The van der Waals surface area contributed by atoms with Crippen LogP contribution in [0.1, 0.15) is 58.8 Å². The fourth-order valence-corrected chi connectivity index (χ4v) is 3.02. The van der Waals surface area contributed by atoms with E-state index < -0.39 is 7.82 Å². The molecule has 0 radical (unpaired) electrons. The number of rotatable bonds is 19. The van der Waals surface area contributed by atoms with Gasteiger partial charge in [-0.05, 0) is 32.2 Å². The van der Waals surface area contributed by atoms with Crippen molar-refractivity contribution in [3.05, 3.63) is 0 Å². The summed E-state index contributed by atoms with van der Waals surface area (Å²) in [5.41, 5.74) is -0.338. The Hall–Kier alpha value is -0.830. The van der Waals surface area contributed by atoms with Crippen LogP contribution in [0.3, 0.4) is 0 Å². The van der Waals surface area contributed by atoms with E-state index in [9.17, 15) is 24.2 Å². The molecule has 9 nitrogen and oxygen atoms in total. The summed E-state index contributed by atoms with van der Waals surface area (Å²) in [5, 5.41) is 15.4. The Labute approximate surface area is 174 Å². The van der Waals surface area contributed by atoms with Crippen molar-refractivity contribution in [2.75, 3.05) is 40.0 Å². The number of hydrogen-bond donors (Lipinski definition) is 4. The first kappa shape index (κ1) is 28.2. The molecule has 0 aromatic carbocycles. The molecule has 10 heteroatoms. The van der Waals surface area contributed by atoms with E-state index in [1.165, 1.54) is 0 Å². The molecule has 0 aliphatic rings. The Morgan fingerprint density at radius 1 is 1.17 bits per heavy atom. The quantitative estimate of drug-likeness (QED) is 0.137. The molecule has 0 aliphatic heterocycles. The highest BCUT2D eigenvalue weighted by Gasteiger charge is 2.21. The van der Waals surface area contributed by atoms with Crippen molar-refractivity contribution in [3.63, 3.8) is 0 Å². The minimum atomic E-state index is -4.01. The molecule has 0 rings (SSSR count). The Balaban J connectivity index is 3.62. The van der Waals surface area contributed by atoms with E-state index in [4.69, 9.17) is 4.52 Å². The number of phosphoric acid groups is 1. The summed E-state index contributed by atoms with van der Waals surface area (Å²) in [6.07, 6.45) is 6.36. The highest BCUT2D eigenvalue weighted by molar-refractivity contribution is 7.47. The zero-order chi connectivity index (χ0) is 22.2. The van der Waals surface area contributed by atoms with Crippen LogP contribution in [0.15, 0.2) is 0 Å². The lowest BCUT2D eigenvalue weighted by atomic mass is 9.96. The maximum absolute atomic E-state index is 11.8. The molecule has 0 aromatic heterocycles. The van der Waals surface area contributed by atoms with Crippen molar-refractivity contribution in [2.45, 2.75) is 58.8 Å². The number of phosphoric ester groups is 1. The van der Waals surface area contributed by atoms with Crippen LogP contribution in [-0.2, 0) is 23.2 Å². The predicted molar refractivity (Wildman–Crippen MR) is 111 cm³/mol. The molecule has 1 amide bonds. The average Bonchev–Trinajstić information content (AvgIpc) is 2.69. The maximum atomic E-state index is 11.8. The third kappa shape index (κ3) is 16.6. The van der Waals surface area contributed by atoms with Crippen molar-refractivity contribution in [1.29, 1.82) is 0 Å². The molecule has 172 valence electrons. The Kier molecular flexibility index (Phi) is 15.5. The minimum Gasteiger partial charge on any atom is -0.396 e. The van der Waals surface area contributed by atoms with Gasteiger partial charge in [-0.2, -0.15) is 0 Å². The number of aldehydes is 1. The zero-order valence-electron chi connectivity index (χ0n) is 18.0. The summed E-state index contributed by atoms with van der Waals surface area (Å²) in [6, 6.07) is 0. The van der Waals surface area contributed by atoms with E-state index in [1.807, 2.05) is 13.8 Å². The van der Waals surface area contributed by atoms with Crippen LogP contribution in [0.5, 0.6) is 0 Å². The van der Waals surface area contributed by atoms with Crippen molar-refractivity contribution < 1.29 is 33.2 Å². The number of carbonyl (C=O) groups excluding carboxylic acids is 2. The third-order valence-electron chi connectivity index (χ3n) is 4.48. The molecular formula is C19H39N2O7P. The standard InChI is InChI=1S/C19H39N2O7P/c1-19(2,16-23)15-20-11-7-4-5-10-18(24)21-12-8-6-9-17(13-22)14-28-29(25,26)27-3/h16-17,20,22H,4-15H2,1-3H3,(H,21,24)(H,25,26). The van der Waals surface area contributed by atoms with E-state index >= 15 is 0 Å². The van der Waals surface area contributed by atoms with Crippen molar-refractivity contribution in [2.24, 2.45) is 11.3 Å². The molecule has 2 unspecified atom stereocenters. The summed E-state index contributed by atoms with van der Waals surface area (Å²) in [5.74, 6) is -0.213. The second-order valence-corrected chi connectivity index (χ2v) is 9.50. The molecule has 0 heterocycles. The first-order valence-electron chi connectivity index (χ1n) is 10.2. The smallest absolute Gasteiger partial charge is 0.396 e. The Morgan fingerprint density at radius 3 is 2.48 bits per heavy atom. The number of carbonyl (C=O) groups is 2. The van der Waals surface area contributed by atoms with Crippen LogP contribution in [0.2, 0.25) is 0 Å². The first-order valence-corrected chi connectivity index (χ1v) is 11.7. The van der Waals surface area contributed by atoms with Gasteiger partial charge in [-0.3, -0.25) is 13.8 Å². The molecule has 0 bridgehead atoms. The lowest BCUT2D eigenvalue weighted by molar-refractivity contribution is -0.121. The van der Waals surface area contributed by atoms with Gasteiger partial charge in [0.05, 0.1) is 6.61 Å². The lowest BCUT2D eigenvalue weighted by Gasteiger charge is -2.17. The predicted octanol–water partition coefficient (Wildman–Crippen LogP) is 2.02. The van der Waals surface area contributed by atoms with Gasteiger partial charge in [0.15, 0.2) is 0 Å². The topological polar surface area (TPSA) is 134 Å². The fourth-order valence-electron chi connectivity index (χ4n) is 2.52. The van der Waals surface area contributed by atoms with Crippen molar-refractivity contribution in [1.82, 2.24) is 10.6 Å². The van der Waals surface area contributed by atoms with Crippen LogP contribution in [-0.4, -0.2) is 62.2 Å². The van der Waals surface area contributed by atoms with Gasteiger partial charge in [-0.1, -0.05) is 26.7 Å². The van der Waals surface area contributed by atoms with Crippen LogP contribution < -0.4 is 10.6 Å². The van der Waals surface area contributed by atoms with Gasteiger partial charge >= 0.3 is 7.82 Å². The van der Waals surface area contributed by atoms with E-state index in [0.29, 0.717) is 25.9 Å². The number of amides is 1. The second kappa shape index (κ2) is 15.9. The normalized spacial score (nSPS) is 14.9.